The highest BCUT2D eigenvalue weighted by atomic mass is 16.5. The monoisotopic (exact) mass is 412 g/mol. The molecule has 2 atom stereocenters. The van der Waals surface area contributed by atoms with Gasteiger partial charge in [-0.1, -0.05) is 54.6 Å². The summed E-state index contributed by atoms with van der Waals surface area (Å²) in [7, 11) is 1.69. The summed E-state index contributed by atoms with van der Waals surface area (Å²) in [5, 5.41) is 7.97. The van der Waals surface area contributed by atoms with Gasteiger partial charge in [0.2, 0.25) is 5.95 Å². The van der Waals surface area contributed by atoms with E-state index in [0.29, 0.717) is 6.61 Å². The maximum absolute atomic E-state index is 5.94. The molecule has 0 aliphatic carbocycles. The maximum Gasteiger partial charge on any atom is 0.222 e. The zero-order chi connectivity index (χ0) is 21.0. The van der Waals surface area contributed by atoms with Gasteiger partial charge >= 0.3 is 0 Å². The first-order valence-corrected chi connectivity index (χ1v) is 10.4. The second-order valence-corrected chi connectivity index (χ2v) is 7.60. The number of benzene rings is 3. The van der Waals surface area contributed by atoms with Crippen LogP contribution in [0.25, 0.3) is 0 Å². The Morgan fingerprint density at radius 2 is 1.77 bits per heavy atom. The van der Waals surface area contributed by atoms with Gasteiger partial charge in [-0.05, 0) is 47.4 Å². The molecule has 1 N–H and O–H groups in total. The summed E-state index contributed by atoms with van der Waals surface area (Å²) in [5.74, 6) is 2.47. The van der Waals surface area contributed by atoms with Crippen LogP contribution in [0.4, 0.5) is 5.95 Å². The van der Waals surface area contributed by atoms with Gasteiger partial charge in [-0.15, -0.1) is 0 Å². The summed E-state index contributed by atoms with van der Waals surface area (Å²) < 4.78 is 13.3. The van der Waals surface area contributed by atoms with Crippen LogP contribution in [0, 0.1) is 0 Å². The van der Waals surface area contributed by atoms with Crippen LogP contribution >= 0.6 is 0 Å². The number of rotatable bonds is 6. The van der Waals surface area contributed by atoms with Crippen molar-refractivity contribution < 1.29 is 9.47 Å². The molecule has 5 rings (SSSR count). The van der Waals surface area contributed by atoms with Crippen LogP contribution in [0.15, 0.2) is 85.2 Å². The third-order valence-corrected chi connectivity index (χ3v) is 5.64. The summed E-state index contributed by atoms with van der Waals surface area (Å²) in [6, 6.07) is 26.8. The van der Waals surface area contributed by atoms with Crippen molar-refractivity contribution in [1.82, 2.24) is 14.8 Å². The highest BCUT2D eigenvalue weighted by Gasteiger charge is 2.30. The van der Waals surface area contributed by atoms with E-state index >= 15 is 0 Å². The van der Waals surface area contributed by atoms with Gasteiger partial charge in [-0.25, -0.2) is 4.68 Å². The van der Waals surface area contributed by atoms with Gasteiger partial charge in [0, 0.05) is 0 Å². The second-order valence-electron chi connectivity index (χ2n) is 7.60. The fourth-order valence-electron chi connectivity index (χ4n) is 4.00. The van der Waals surface area contributed by atoms with Crippen LogP contribution in [0.1, 0.15) is 35.2 Å². The summed E-state index contributed by atoms with van der Waals surface area (Å²) in [6.07, 6.45) is 2.45. The Bertz CT molecular complexity index is 1140. The normalized spacial score (nSPS) is 17.5. The van der Waals surface area contributed by atoms with Gasteiger partial charge in [0.15, 0.2) is 0 Å². The first kappa shape index (κ1) is 19.2. The van der Waals surface area contributed by atoms with Crippen LogP contribution in [0.3, 0.4) is 0 Å². The van der Waals surface area contributed by atoms with Crippen molar-refractivity contribution in [2.75, 3.05) is 12.4 Å². The number of fused-ring (bicyclic) bond motifs is 1. The molecule has 0 saturated carbocycles. The van der Waals surface area contributed by atoms with Crippen LogP contribution in [-0.4, -0.2) is 21.9 Å². The molecule has 1 aliphatic rings. The minimum Gasteiger partial charge on any atom is -0.497 e. The highest BCUT2D eigenvalue weighted by Crippen LogP contribution is 2.38. The Labute approximate surface area is 181 Å². The van der Waals surface area contributed by atoms with Crippen LogP contribution < -0.4 is 14.8 Å². The minimum atomic E-state index is 0.0816. The van der Waals surface area contributed by atoms with E-state index in [-0.39, 0.29) is 12.1 Å². The lowest BCUT2D eigenvalue weighted by Gasteiger charge is -2.32. The topological polar surface area (TPSA) is 61.2 Å². The third-order valence-electron chi connectivity index (χ3n) is 5.64. The molecule has 0 radical (unpaired) electrons. The smallest absolute Gasteiger partial charge is 0.222 e. The first-order valence-electron chi connectivity index (χ1n) is 10.4. The van der Waals surface area contributed by atoms with E-state index in [4.69, 9.17) is 9.47 Å². The third kappa shape index (κ3) is 4.10. The molecule has 0 amide bonds. The predicted octanol–water partition coefficient (Wildman–Crippen LogP) is 5.01. The van der Waals surface area contributed by atoms with Gasteiger partial charge in [-0.2, -0.15) is 10.1 Å². The summed E-state index contributed by atoms with van der Waals surface area (Å²) >= 11 is 0. The molecule has 6 heteroatoms. The molecule has 6 nitrogen and oxygen atoms in total. The van der Waals surface area contributed by atoms with Crippen molar-refractivity contribution in [3.05, 3.63) is 102 Å². The van der Waals surface area contributed by atoms with Crippen molar-refractivity contribution in [3.63, 3.8) is 0 Å². The van der Waals surface area contributed by atoms with Gasteiger partial charge in [0.25, 0.3) is 0 Å². The molecule has 0 fully saturated rings. The van der Waals surface area contributed by atoms with E-state index in [0.717, 1.165) is 29.4 Å². The molecule has 3 aromatic carbocycles. The Morgan fingerprint density at radius 3 is 2.58 bits per heavy atom. The zero-order valence-corrected chi connectivity index (χ0v) is 17.3. The fourth-order valence-corrected chi connectivity index (χ4v) is 4.00. The molecule has 0 saturated heterocycles. The van der Waals surface area contributed by atoms with E-state index in [1.54, 1.807) is 13.4 Å². The first-order chi connectivity index (χ1) is 15.3. The number of aromatic nitrogens is 3. The van der Waals surface area contributed by atoms with E-state index in [1.165, 1.54) is 11.1 Å². The van der Waals surface area contributed by atoms with Crippen LogP contribution in [0.2, 0.25) is 0 Å². The molecule has 0 bridgehead atoms. The average molecular weight is 412 g/mol. The van der Waals surface area contributed by atoms with Crippen molar-refractivity contribution >= 4 is 5.95 Å². The van der Waals surface area contributed by atoms with Gasteiger partial charge < -0.3 is 14.8 Å². The molecule has 2 unspecified atom stereocenters. The predicted molar refractivity (Wildman–Crippen MR) is 119 cm³/mol. The van der Waals surface area contributed by atoms with E-state index in [9.17, 15) is 0 Å². The van der Waals surface area contributed by atoms with E-state index in [1.807, 2.05) is 47.1 Å². The number of nitrogens with zero attached hydrogens (tertiary/aromatic N) is 3. The maximum atomic E-state index is 5.94. The van der Waals surface area contributed by atoms with Crippen molar-refractivity contribution in [2.24, 2.45) is 0 Å². The standard InChI is InChI=1S/C25H24N4O2/c1-30-22-9-5-8-20(14-22)23-15-24(29-25(28-23)26-17-27-29)19-10-12-21(13-11-19)31-16-18-6-3-2-4-7-18/h2-14,17,23-24H,15-16H2,1H3,(H,26,27,28). The Kier molecular flexibility index (Phi) is 5.27. The number of hydrogen-bond donors (Lipinski definition) is 1. The number of nitrogens with one attached hydrogen (secondary N) is 1. The average Bonchev–Trinajstić information content (AvgIpc) is 3.32. The van der Waals surface area contributed by atoms with Crippen LogP contribution in [0.5, 0.6) is 11.5 Å². The molecular weight excluding hydrogens is 388 g/mol. The van der Waals surface area contributed by atoms with Gasteiger partial charge in [-0.3, -0.25) is 0 Å². The van der Waals surface area contributed by atoms with Crippen molar-refractivity contribution in [2.45, 2.75) is 25.1 Å². The quantitative estimate of drug-likeness (QED) is 0.482. The molecule has 1 aromatic heterocycles. The lowest BCUT2D eigenvalue weighted by atomic mass is 9.93. The summed E-state index contributed by atoms with van der Waals surface area (Å²) in [6.45, 7) is 0.554. The minimum absolute atomic E-state index is 0.0816. The van der Waals surface area contributed by atoms with Gasteiger partial charge in [0.1, 0.15) is 24.4 Å². The zero-order valence-electron chi connectivity index (χ0n) is 17.3. The SMILES string of the molecule is COc1cccc(C2CC(c3ccc(OCc4ccccc4)cc3)n3ncnc3N2)c1. The fraction of sp³-hybridized carbons (Fsp3) is 0.200. The largest absolute Gasteiger partial charge is 0.497 e. The molecule has 31 heavy (non-hydrogen) atoms. The molecule has 4 aromatic rings. The molecule has 1 aliphatic heterocycles. The molecule has 156 valence electrons. The molecule has 2 heterocycles. The van der Waals surface area contributed by atoms with Crippen molar-refractivity contribution in [3.8, 4) is 11.5 Å². The number of methoxy groups -OCH3 is 1. The van der Waals surface area contributed by atoms with Gasteiger partial charge in [0.05, 0.1) is 19.2 Å². The lowest BCUT2D eigenvalue weighted by Crippen LogP contribution is -2.28. The van der Waals surface area contributed by atoms with E-state index in [2.05, 4.69) is 51.8 Å². The summed E-state index contributed by atoms with van der Waals surface area (Å²) in [4.78, 5) is 4.42. The second kappa shape index (κ2) is 8.52. The molecular formula is C25H24N4O2. The molecule has 0 spiro atoms. The Morgan fingerprint density at radius 1 is 0.935 bits per heavy atom. The van der Waals surface area contributed by atoms with Crippen molar-refractivity contribution in [1.29, 1.82) is 0 Å². The Balaban J connectivity index is 1.36. The van der Waals surface area contributed by atoms with Crippen LogP contribution in [-0.2, 0) is 6.61 Å². The lowest BCUT2D eigenvalue weighted by molar-refractivity contribution is 0.306. The summed E-state index contributed by atoms with van der Waals surface area (Å²) in [5.41, 5.74) is 3.49. The number of hydrogen-bond acceptors (Lipinski definition) is 5. The Hall–Kier alpha value is -3.80. The number of anilines is 1. The van der Waals surface area contributed by atoms with E-state index < -0.39 is 0 Å². The highest BCUT2D eigenvalue weighted by molar-refractivity contribution is 5.41. The number of ether oxygens (including phenoxy) is 2.